The highest BCUT2D eigenvalue weighted by molar-refractivity contribution is 6.31. The number of nitrogens with one attached hydrogen (secondary N) is 1. The largest absolute Gasteiger partial charge is 0.304 e. The van der Waals surface area contributed by atoms with Crippen molar-refractivity contribution in [2.24, 2.45) is 5.92 Å². The number of benzene rings is 1. The fraction of sp³-hybridized carbons (Fsp3) is 0.611. The summed E-state index contributed by atoms with van der Waals surface area (Å²) in [6.07, 6.45) is 1.68. The lowest BCUT2D eigenvalue weighted by Crippen LogP contribution is -2.52. The van der Waals surface area contributed by atoms with Crippen molar-refractivity contribution in [3.8, 4) is 0 Å². The van der Waals surface area contributed by atoms with Crippen LogP contribution < -0.4 is 5.32 Å². The van der Waals surface area contributed by atoms with Gasteiger partial charge in [-0.05, 0) is 43.2 Å². The van der Waals surface area contributed by atoms with E-state index >= 15 is 0 Å². The van der Waals surface area contributed by atoms with Crippen molar-refractivity contribution in [2.75, 3.05) is 6.54 Å². The average molecular weight is 310 g/mol. The Morgan fingerprint density at radius 3 is 2.38 bits per heavy atom. The molecule has 0 aromatic heterocycles. The molecule has 0 amide bonds. The zero-order chi connectivity index (χ0) is 16.0. The first-order chi connectivity index (χ1) is 9.82. The standard InChI is InChI=1S/C18H28ClNO/c1-6-18(15(5)21,11-13(2)3)20-12-14(4)16-9-7-8-10-17(16)19/h7-10,13-14,20H,6,11-12H2,1-5H3. The first-order valence-corrected chi connectivity index (χ1v) is 8.20. The van der Waals surface area contributed by atoms with E-state index in [9.17, 15) is 4.79 Å². The molecule has 0 spiro atoms. The molecular weight excluding hydrogens is 282 g/mol. The van der Waals surface area contributed by atoms with Gasteiger partial charge >= 0.3 is 0 Å². The third kappa shape index (κ3) is 4.82. The molecule has 1 N–H and O–H groups in total. The van der Waals surface area contributed by atoms with Gasteiger partial charge in [0.15, 0.2) is 0 Å². The number of hydrogen-bond acceptors (Lipinski definition) is 2. The minimum atomic E-state index is -0.413. The third-order valence-electron chi connectivity index (χ3n) is 4.22. The number of carbonyl (C=O) groups excluding carboxylic acids is 1. The molecular formula is C18H28ClNO. The molecule has 1 rings (SSSR count). The topological polar surface area (TPSA) is 29.1 Å². The molecule has 0 aliphatic heterocycles. The summed E-state index contributed by atoms with van der Waals surface area (Å²) in [7, 11) is 0. The lowest BCUT2D eigenvalue weighted by molar-refractivity contribution is -0.124. The SMILES string of the molecule is CCC(CC(C)C)(NCC(C)c1ccccc1Cl)C(C)=O. The molecule has 0 bridgehead atoms. The van der Waals surface area contributed by atoms with Gasteiger partial charge in [-0.2, -0.15) is 0 Å². The van der Waals surface area contributed by atoms with Crippen molar-refractivity contribution in [3.05, 3.63) is 34.9 Å². The van der Waals surface area contributed by atoms with E-state index < -0.39 is 5.54 Å². The Morgan fingerprint density at radius 1 is 1.29 bits per heavy atom. The second kappa shape index (κ2) is 7.95. The number of hydrogen-bond donors (Lipinski definition) is 1. The molecule has 0 aliphatic rings. The Hall–Kier alpha value is -0.860. The first-order valence-electron chi connectivity index (χ1n) is 7.83. The normalized spacial score (nSPS) is 15.8. The molecule has 1 aromatic rings. The van der Waals surface area contributed by atoms with E-state index in [2.05, 4.69) is 39.1 Å². The first kappa shape index (κ1) is 18.2. The fourth-order valence-electron chi connectivity index (χ4n) is 2.89. The van der Waals surface area contributed by atoms with Crippen LogP contribution in [-0.4, -0.2) is 17.9 Å². The summed E-state index contributed by atoms with van der Waals surface area (Å²) in [4.78, 5) is 12.2. The van der Waals surface area contributed by atoms with Crippen molar-refractivity contribution >= 4 is 17.4 Å². The Morgan fingerprint density at radius 2 is 1.90 bits per heavy atom. The molecule has 21 heavy (non-hydrogen) atoms. The molecule has 3 heteroatoms. The van der Waals surface area contributed by atoms with Gasteiger partial charge in [0.25, 0.3) is 0 Å². The van der Waals surface area contributed by atoms with Gasteiger partial charge in [-0.1, -0.05) is 57.5 Å². The van der Waals surface area contributed by atoms with Crippen molar-refractivity contribution in [3.63, 3.8) is 0 Å². The molecule has 2 atom stereocenters. The summed E-state index contributed by atoms with van der Waals surface area (Å²) in [6, 6.07) is 7.92. The summed E-state index contributed by atoms with van der Waals surface area (Å²) in [6.45, 7) is 11.0. The van der Waals surface area contributed by atoms with Crippen LogP contribution in [0.1, 0.15) is 58.9 Å². The molecule has 0 aliphatic carbocycles. The molecule has 118 valence electrons. The number of halogens is 1. The number of carbonyl (C=O) groups is 1. The molecule has 1 aromatic carbocycles. The van der Waals surface area contributed by atoms with Gasteiger partial charge in [0.1, 0.15) is 5.78 Å². The van der Waals surface area contributed by atoms with Crippen molar-refractivity contribution in [1.82, 2.24) is 5.32 Å². The smallest absolute Gasteiger partial charge is 0.149 e. The van der Waals surface area contributed by atoms with Gasteiger partial charge in [0.2, 0.25) is 0 Å². The van der Waals surface area contributed by atoms with Gasteiger partial charge in [-0.3, -0.25) is 4.79 Å². The summed E-state index contributed by atoms with van der Waals surface area (Å²) in [5.41, 5.74) is 0.716. The third-order valence-corrected chi connectivity index (χ3v) is 4.56. The van der Waals surface area contributed by atoms with Gasteiger partial charge in [-0.15, -0.1) is 0 Å². The quantitative estimate of drug-likeness (QED) is 0.746. The number of Topliss-reactive ketones (excluding diaryl/α,β-unsaturated/α-hetero) is 1. The minimum absolute atomic E-state index is 0.227. The van der Waals surface area contributed by atoms with E-state index in [1.807, 2.05) is 18.2 Å². The van der Waals surface area contributed by atoms with Crippen LogP contribution in [0.2, 0.25) is 5.02 Å². The molecule has 0 fully saturated rings. The van der Waals surface area contributed by atoms with Crippen LogP contribution in [0.5, 0.6) is 0 Å². The van der Waals surface area contributed by atoms with Gasteiger partial charge in [0.05, 0.1) is 5.54 Å². The molecule has 0 saturated carbocycles. The van der Waals surface area contributed by atoms with Gasteiger partial charge < -0.3 is 5.32 Å². The van der Waals surface area contributed by atoms with Crippen LogP contribution >= 0.6 is 11.6 Å². The highest BCUT2D eigenvalue weighted by atomic mass is 35.5. The van der Waals surface area contributed by atoms with Crippen LogP contribution in [0.25, 0.3) is 0 Å². The minimum Gasteiger partial charge on any atom is -0.304 e. The van der Waals surface area contributed by atoms with Crippen LogP contribution in [0.15, 0.2) is 24.3 Å². The molecule has 2 nitrogen and oxygen atoms in total. The lowest BCUT2D eigenvalue weighted by atomic mass is 9.82. The zero-order valence-electron chi connectivity index (χ0n) is 13.9. The van der Waals surface area contributed by atoms with Crippen LogP contribution in [0, 0.1) is 5.92 Å². The van der Waals surface area contributed by atoms with E-state index in [4.69, 9.17) is 11.6 Å². The van der Waals surface area contributed by atoms with E-state index in [0.717, 1.165) is 30.0 Å². The fourth-order valence-corrected chi connectivity index (χ4v) is 3.21. The molecule has 2 unspecified atom stereocenters. The van der Waals surface area contributed by atoms with E-state index in [1.165, 1.54) is 0 Å². The molecule has 0 heterocycles. The van der Waals surface area contributed by atoms with E-state index in [-0.39, 0.29) is 11.7 Å². The second-order valence-corrected chi connectivity index (χ2v) is 6.80. The second-order valence-electron chi connectivity index (χ2n) is 6.39. The van der Waals surface area contributed by atoms with Crippen LogP contribution in [0.4, 0.5) is 0 Å². The predicted molar refractivity (Wildman–Crippen MR) is 91.0 cm³/mol. The zero-order valence-corrected chi connectivity index (χ0v) is 14.6. The van der Waals surface area contributed by atoms with E-state index in [0.29, 0.717) is 5.92 Å². The number of ketones is 1. The van der Waals surface area contributed by atoms with Crippen LogP contribution in [-0.2, 0) is 4.79 Å². The Kier molecular flexibility index (Phi) is 6.89. The van der Waals surface area contributed by atoms with E-state index in [1.54, 1.807) is 6.92 Å². The highest BCUT2D eigenvalue weighted by Crippen LogP contribution is 2.26. The van der Waals surface area contributed by atoms with Crippen molar-refractivity contribution in [1.29, 1.82) is 0 Å². The Balaban J connectivity index is 2.82. The monoisotopic (exact) mass is 309 g/mol. The van der Waals surface area contributed by atoms with Crippen molar-refractivity contribution in [2.45, 2.75) is 58.9 Å². The predicted octanol–water partition coefficient (Wildman–Crippen LogP) is 4.82. The maximum atomic E-state index is 12.2. The summed E-state index contributed by atoms with van der Waals surface area (Å²) in [5.74, 6) is 0.984. The summed E-state index contributed by atoms with van der Waals surface area (Å²) < 4.78 is 0. The molecule has 0 saturated heterocycles. The summed E-state index contributed by atoms with van der Waals surface area (Å²) >= 11 is 6.26. The summed E-state index contributed by atoms with van der Waals surface area (Å²) in [5, 5.41) is 4.32. The maximum absolute atomic E-state index is 12.2. The van der Waals surface area contributed by atoms with Crippen molar-refractivity contribution < 1.29 is 4.79 Å². The highest BCUT2D eigenvalue weighted by Gasteiger charge is 2.34. The lowest BCUT2D eigenvalue weighted by Gasteiger charge is -2.34. The Bertz CT molecular complexity index is 472. The van der Waals surface area contributed by atoms with Crippen LogP contribution in [0.3, 0.4) is 0 Å². The maximum Gasteiger partial charge on any atom is 0.149 e. The van der Waals surface area contributed by atoms with Gasteiger partial charge in [0, 0.05) is 11.6 Å². The molecule has 0 radical (unpaired) electrons. The van der Waals surface area contributed by atoms with Gasteiger partial charge in [-0.25, -0.2) is 0 Å². The average Bonchev–Trinajstić information content (AvgIpc) is 2.43. The number of rotatable bonds is 8. The Labute approximate surface area is 134 Å².